The van der Waals surface area contributed by atoms with E-state index in [-0.39, 0.29) is 0 Å². The van der Waals surface area contributed by atoms with Crippen molar-refractivity contribution in [2.24, 2.45) is 10.7 Å². The third kappa shape index (κ3) is 5.06. The summed E-state index contributed by atoms with van der Waals surface area (Å²) in [5, 5.41) is 3.13. The fourth-order valence-electron chi connectivity index (χ4n) is 3.06. The van der Waals surface area contributed by atoms with Gasteiger partial charge in [-0.25, -0.2) is 4.98 Å². The quantitative estimate of drug-likeness (QED) is 0.462. The first-order valence-electron chi connectivity index (χ1n) is 8.82. The molecule has 0 spiro atoms. The van der Waals surface area contributed by atoms with Gasteiger partial charge >= 0.3 is 0 Å². The Morgan fingerprint density at radius 2 is 1.96 bits per heavy atom. The lowest BCUT2D eigenvalue weighted by Crippen LogP contribution is -2.51. The first kappa shape index (κ1) is 17.4. The Morgan fingerprint density at radius 3 is 2.67 bits per heavy atom. The molecule has 1 aromatic heterocycles. The highest BCUT2D eigenvalue weighted by atomic mass is 32.1. The Labute approximate surface area is 148 Å². The van der Waals surface area contributed by atoms with E-state index in [1.807, 2.05) is 11.6 Å². The minimum absolute atomic E-state index is 0.695. The van der Waals surface area contributed by atoms with Crippen LogP contribution >= 0.6 is 11.3 Å². The highest BCUT2D eigenvalue weighted by Crippen LogP contribution is 2.18. The van der Waals surface area contributed by atoms with E-state index in [4.69, 9.17) is 10.5 Å². The SMILES string of the molecule is NC(=NCCCCN1CCOCC1)N1CCN(c2nccs2)CC1. The van der Waals surface area contributed by atoms with Crippen molar-refractivity contribution < 1.29 is 4.74 Å². The summed E-state index contributed by atoms with van der Waals surface area (Å²) in [5.74, 6) is 0.695. The van der Waals surface area contributed by atoms with Crippen molar-refractivity contribution in [3.63, 3.8) is 0 Å². The number of aromatic nitrogens is 1. The van der Waals surface area contributed by atoms with Crippen LogP contribution in [0.3, 0.4) is 0 Å². The van der Waals surface area contributed by atoms with Gasteiger partial charge in [-0.3, -0.25) is 9.89 Å². The maximum Gasteiger partial charge on any atom is 0.191 e. The van der Waals surface area contributed by atoms with Crippen LogP contribution in [0, 0.1) is 0 Å². The number of nitrogens with two attached hydrogens (primary N) is 1. The molecule has 2 fully saturated rings. The normalized spacial score (nSPS) is 20.6. The fraction of sp³-hybridized carbons (Fsp3) is 0.750. The number of hydrogen-bond acceptors (Lipinski definition) is 6. The Bertz CT molecular complexity index is 495. The molecule has 7 nitrogen and oxygen atoms in total. The number of piperazine rings is 1. The van der Waals surface area contributed by atoms with E-state index < -0.39 is 0 Å². The molecule has 1 aromatic rings. The fourth-order valence-corrected chi connectivity index (χ4v) is 3.76. The lowest BCUT2D eigenvalue weighted by atomic mass is 10.3. The van der Waals surface area contributed by atoms with Crippen LogP contribution in [0.4, 0.5) is 5.13 Å². The number of morpholine rings is 1. The molecule has 0 amide bonds. The third-order valence-electron chi connectivity index (χ3n) is 4.55. The number of nitrogens with zero attached hydrogens (tertiary/aromatic N) is 5. The molecule has 134 valence electrons. The van der Waals surface area contributed by atoms with Gasteiger partial charge in [0.15, 0.2) is 11.1 Å². The van der Waals surface area contributed by atoms with Gasteiger partial charge in [0, 0.05) is 57.4 Å². The van der Waals surface area contributed by atoms with Crippen LogP contribution in [0.15, 0.2) is 16.6 Å². The zero-order valence-electron chi connectivity index (χ0n) is 14.3. The predicted molar refractivity (Wildman–Crippen MR) is 98.9 cm³/mol. The molecule has 0 aliphatic carbocycles. The number of thiazole rings is 1. The van der Waals surface area contributed by atoms with Crippen molar-refractivity contribution >= 4 is 22.4 Å². The summed E-state index contributed by atoms with van der Waals surface area (Å²) in [6.07, 6.45) is 4.13. The third-order valence-corrected chi connectivity index (χ3v) is 5.39. The summed E-state index contributed by atoms with van der Waals surface area (Å²) in [6, 6.07) is 0. The predicted octanol–water partition coefficient (Wildman–Crippen LogP) is 0.692. The second kappa shape index (κ2) is 9.19. The molecule has 0 radical (unpaired) electrons. The van der Waals surface area contributed by atoms with E-state index in [0.717, 1.165) is 77.1 Å². The monoisotopic (exact) mass is 352 g/mol. The van der Waals surface area contributed by atoms with Gasteiger partial charge in [-0.05, 0) is 19.4 Å². The van der Waals surface area contributed by atoms with Crippen LogP contribution in [-0.2, 0) is 4.74 Å². The van der Waals surface area contributed by atoms with Gasteiger partial charge in [0.25, 0.3) is 0 Å². The first-order valence-corrected chi connectivity index (χ1v) is 9.70. The Balaban J connectivity index is 1.31. The number of guanidine groups is 1. The van der Waals surface area contributed by atoms with E-state index in [9.17, 15) is 0 Å². The average molecular weight is 353 g/mol. The van der Waals surface area contributed by atoms with Gasteiger partial charge in [-0.15, -0.1) is 11.3 Å². The zero-order chi connectivity index (χ0) is 16.6. The summed E-state index contributed by atoms with van der Waals surface area (Å²) < 4.78 is 5.36. The number of anilines is 1. The highest BCUT2D eigenvalue weighted by molar-refractivity contribution is 7.13. The molecule has 3 rings (SSSR count). The molecule has 8 heteroatoms. The maximum atomic E-state index is 6.16. The summed E-state index contributed by atoms with van der Waals surface area (Å²) in [6.45, 7) is 9.60. The molecule has 2 N–H and O–H groups in total. The summed E-state index contributed by atoms with van der Waals surface area (Å²) in [7, 11) is 0. The molecule has 3 heterocycles. The van der Waals surface area contributed by atoms with Gasteiger partial charge in [0.2, 0.25) is 0 Å². The van der Waals surface area contributed by atoms with E-state index in [2.05, 4.69) is 24.7 Å². The van der Waals surface area contributed by atoms with Crippen molar-refractivity contribution in [2.45, 2.75) is 12.8 Å². The van der Waals surface area contributed by atoms with Crippen LogP contribution in [-0.4, -0.2) is 86.3 Å². The Hall–Kier alpha value is -1.38. The first-order chi connectivity index (χ1) is 11.8. The molecule has 0 saturated carbocycles. The van der Waals surface area contributed by atoms with E-state index >= 15 is 0 Å². The summed E-state index contributed by atoms with van der Waals surface area (Å²) in [5.41, 5.74) is 6.16. The van der Waals surface area contributed by atoms with Crippen LogP contribution in [0.2, 0.25) is 0 Å². The van der Waals surface area contributed by atoms with Crippen molar-refractivity contribution in [3.05, 3.63) is 11.6 Å². The number of aliphatic imine (C=N–C) groups is 1. The molecule has 0 bridgehead atoms. The highest BCUT2D eigenvalue weighted by Gasteiger charge is 2.19. The molecule has 2 aliphatic rings. The van der Waals surface area contributed by atoms with Crippen LogP contribution in [0.5, 0.6) is 0 Å². The lowest BCUT2D eigenvalue weighted by molar-refractivity contribution is 0.0373. The molecule has 24 heavy (non-hydrogen) atoms. The zero-order valence-corrected chi connectivity index (χ0v) is 15.1. The second-order valence-corrected chi connectivity index (χ2v) is 7.06. The van der Waals surface area contributed by atoms with E-state index in [1.165, 1.54) is 6.42 Å². The van der Waals surface area contributed by atoms with Crippen molar-refractivity contribution in [2.75, 3.05) is 70.5 Å². The molecular weight excluding hydrogens is 324 g/mol. The molecule has 2 aliphatic heterocycles. The number of hydrogen-bond donors (Lipinski definition) is 1. The molecule has 0 aromatic carbocycles. The maximum absolute atomic E-state index is 6.16. The molecular formula is C16H28N6OS. The van der Waals surface area contributed by atoms with E-state index in [1.54, 1.807) is 11.3 Å². The Kier molecular flexibility index (Phi) is 6.68. The van der Waals surface area contributed by atoms with Gasteiger partial charge in [0.05, 0.1) is 13.2 Å². The van der Waals surface area contributed by atoms with Gasteiger partial charge in [-0.2, -0.15) is 0 Å². The minimum atomic E-state index is 0.695. The number of unbranched alkanes of at least 4 members (excludes halogenated alkanes) is 1. The topological polar surface area (TPSA) is 70.2 Å². The minimum Gasteiger partial charge on any atom is -0.379 e. The van der Waals surface area contributed by atoms with Crippen LogP contribution in [0.1, 0.15) is 12.8 Å². The second-order valence-electron chi connectivity index (χ2n) is 6.19. The lowest BCUT2D eigenvalue weighted by Gasteiger charge is -2.35. The molecule has 0 atom stereocenters. The average Bonchev–Trinajstić information content (AvgIpc) is 3.17. The number of ether oxygens (including phenoxy) is 1. The van der Waals surface area contributed by atoms with Crippen molar-refractivity contribution in [1.29, 1.82) is 0 Å². The van der Waals surface area contributed by atoms with Gasteiger partial charge in [0.1, 0.15) is 0 Å². The molecule has 0 unspecified atom stereocenters. The van der Waals surface area contributed by atoms with Crippen LogP contribution < -0.4 is 10.6 Å². The number of rotatable bonds is 6. The van der Waals surface area contributed by atoms with Crippen molar-refractivity contribution in [3.8, 4) is 0 Å². The van der Waals surface area contributed by atoms with Gasteiger partial charge < -0.3 is 20.3 Å². The van der Waals surface area contributed by atoms with E-state index in [0.29, 0.717) is 5.96 Å². The summed E-state index contributed by atoms with van der Waals surface area (Å²) in [4.78, 5) is 15.9. The summed E-state index contributed by atoms with van der Waals surface area (Å²) >= 11 is 1.69. The smallest absolute Gasteiger partial charge is 0.191 e. The van der Waals surface area contributed by atoms with Crippen LogP contribution in [0.25, 0.3) is 0 Å². The van der Waals surface area contributed by atoms with Gasteiger partial charge in [-0.1, -0.05) is 0 Å². The Morgan fingerprint density at radius 1 is 1.17 bits per heavy atom. The van der Waals surface area contributed by atoms with Crippen molar-refractivity contribution in [1.82, 2.24) is 14.8 Å². The molecule has 2 saturated heterocycles. The standard InChI is InChI=1S/C16H28N6OS/c17-15(18-3-1-2-5-20-10-12-23-13-11-20)21-6-8-22(9-7-21)16-19-4-14-24-16/h4,14H,1-3,5-13H2,(H2,17,18). The largest absolute Gasteiger partial charge is 0.379 e.